The lowest BCUT2D eigenvalue weighted by Gasteiger charge is -2.10. The van der Waals surface area contributed by atoms with Crippen LogP contribution in [0, 0.1) is 6.92 Å². The van der Waals surface area contributed by atoms with Gasteiger partial charge in [-0.25, -0.2) is 13.2 Å². The third kappa shape index (κ3) is 4.14. The Morgan fingerprint density at radius 1 is 1.12 bits per heavy atom. The van der Waals surface area contributed by atoms with E-state index < -0.39 is 33.3 Å². The van der Waals surface area contributed by atoms with Crippen LogP contribution in [0.15, 0.2) is 47.4 Å². The number of hydrogen-bond acceptors (Lipinski definition) is 3. The topological polar surface area (TPSA) is 71.4 Å². The molecule has 0 unspecified atom stereocenters. The lowest BCUT2D eigenvalue weighted by molar-refractivity contribution is -0.137. The third-order valence-electron chi connectivity index (χ3n) is 3.27. The van der Waals surface area contributed by atoms with Gasteiger partial charge >= 0.3 is 12.1 Å². The summed E-state index contributed by atoms with van der Waals surface area (Å²) in [5.41, 5.74) is -0.732. The molecule has 24 heavy (non-hydrogen) atoms. The largest absolute Gasteiger partial charge is 0.478 e. The van der Waals surface area contributed by atoms with Crippen LogP contribution < -0.4 is 0 Å². The quantitative estimate of drug-likeness (QED) is 0.905. The number of aryl methyl sites for hydroxylation is 1. The maximum Gasteiger partial charge on any atom is 0.416 e. The highest BCUT2D eigenvalue weighted by Gasteiger charge is 2.30. The minimum absolute atomic E-state index is 0.0248. The Morgan fingerprint density at radius 2 is 1.79 bits per heavy atom. The normalized spacial score (nSPS) is 12.2. The van der Waals surface area contributed by atoms with E-state index in [-0.39, 0.29) is 16.0 Å². The van der Waals surface area contributed by atoms with E-state index in [1.54, 1.807) is 0 Å². The van der Waals surface area contributed by atoms with Gasteiger partial charge in [0, 0.05) is 0 Å². The molecule has 0 aliphatic heterocycles. The van der Waals surface area contributed by atoms with Crippen LogP contribution in [0.25, 0.3) is 0 Å². The Labute approximate surface area is 136 Å². The second kappa shape index (κ2) is 6.27. The summed E-state index contributed by atoms with van der Waals surface area (Å²) in [6.07, 6.45) is -4.57. The second-order valence-electron chi connectivity index (χ2n) is 5.30. The lowest BCUT2D eigenvalue weighted by atomic mass is 10.1. The van der Waals surface area contributed by atoms with Crippen molar-refractivity contribution in [2.75, 3.05) is 0 Å². The number of alkyl halides is 3. The van der Waals surface area contributed by atoms with Gasteiger partial charge in [-0.05, 0) is 42.3 Å². The van der Waals surface area contributed by atoms with E-state index in [0.717, 1.165) is 24.3 Å². The number of benzene rings is 2. The molecule has 0 aliphatic carbocycles. The smallest absolute Gasteiger partial charge is 0.416 e. The first-order valence-electron chi connectivity index (χ1n) is 6.73. The molecule has 0 fully saturated rings. The molecule has 0 saturated carbocycles. The van der Waals surface area contributed by atoms with Gasteiger partial charge in [-0.1, -0.05) is 18.2 Å². The fraction of sp³-hybridized carbons (Fsp3) is 0.188. The molecule has 0 atom stereocenters. The fourth-order valence-electron chi connectivity index (χ4n) is 2.19. The zero-order chi connectivity index (χ0) is 18.1. The van der Waals surface area contributed by atoms with E-state index in [0.29, 0.717) is 5.56 Å². The molecule has 0 bridgehead atoms. The van der Waals surface area contributed by atoms with Gasteiger partial charge in [0.25, 0.3) is 0 Å². The molecule has 128 valence electrons. The lowest BCUT2D eigenvalue weighted by Crippen LogP contribution is -2.09. The van der Waals surface area contributed by atoms with E-state index >= 15 is 0 Å². The number of halogens is 3. The average Bonchev–Trinajstić information content (AvgIpc) is 2.45. The number of rotatable bonds is 4. The summed E-state index contributed by atoms with van der Waals surface area (Å²) in [7, 11) is -3.98. The Balaban J connectivity index is 2.41. The molecule has 2 aromatic carbocycles. The van der Waals surface area contributed by atoms with Crippen molar-refractivity contribution >= 4 is 15.8 Å². The molecule has 0 aromatic heterocycles. The van der Waals surface area contributed by atoms with Gasteiger partial charge in [0.1, 0.15) is 0 Å². The van der Waals surface area contributed by atoms with Gasteiger partial charge in [-0.2, -0.15) is 13.2 Å². The molecule has 2 rings (SSSR count). The van der Waals surface area contributed by atoms with Gasteiger partial charge in [0.15, 0.2) is 9.84 Å². The molecule has 0 amide bonds. The number of carbonyl (C=O) groups is 1. The van der Waals surface area contributed by atoms with Crippen LogP contribution in [-0.4, -0.2) is 19.5 Å². The summed E-state index contributed by atoms with van der Waals surface area (Å²) in [5, 5.41) is 9.00. The summed E-state index contributed by atoms with van der Waals surface area (Å²) < 4.78 is 62.9. The molecular formula is C16H13F3O4S. The molecular weight excluding hydrogens is 345 g/mol. The van der Waals surface area contributed by atoms with Gasteiger partial charge in [0.2, 0.25) is 0 Å². The highest BCUT2D eigenvalue weighted by atomic mass is 32.2. The zero-order valence-corrected chi connectivity index (χ0v) is 13.3. The van der Waals surface area contributed by atoms with Crippen LogP contribution in [-0.2, 0) is 21.8 Å². The predicted octanol–water partition coefficient (Wildman–Crippen LogP) is 3.69. The van der Waals surface area contributed by atoms with Gasteiger partial charge in [-0.15, -0.1) is 0 Å². The number of sulfone groups is 1. The Morgan fingerprint density at radius 3 is 2.38 bits per heavy atom. The summed E-state index contributed by atoms with van der Waals surface area (Å²) in [6, 6.07) is 7.63. The number of aromatic carboxylic acids is 1. The second-order valence-corrected chi connectivity index (χ2v) is 7.29. The van der Waals surface area contributed by atoms with Crippen molar-refractivity contribution in [1.82, 2.24) is 0 Å². The summed E-state index contributed by atoms with van der Waals surface area (Å²) in [6.45, 7) is 1.54. The molecule has 0 radical (unpaired) electrons. The Kier molecular flexibility index (Phi) is 4.70. The highest BCUT2D eigenvalue weighted by molar-refractivity contribution is 7.90. The van der Waals surface area contributed by atoms with Crippen LogP contribution in [0.1, 0.15) is 27.0 Å². The SMILES string of the molecule is Cc1cc(C(=O)O)cc(S(=O)(=O)Cc2cccc(C(F)(F)F)c2)c1. The van der Waals surface area contributed by atoms with Crippen molar-refractivity contribution in [1.29, 1.82) is 0 Å². The molecule has 0 aliphatic rings. The first-order chi connectivity index (χ1) is 11.0. The van der Waals surface area contributed by atoms with Crippen molar-refractivity contribution < 1.29 is 31.5 Å². The molecule has 1 N–H and O–H groups in total. The molecule has 2 aromatic rings. The van der Waals surface area contributed by atoms with Crippen molar-refractivity contribution in [2.45, 2.75) is 23.7 Å². The molecule has 0 saturated heterocycles. The van der Waals surface area contributed by atoms with Gasteiger partial charge in [-0.3, -0.25) is 0 Å². The highest BCUT2D eigenvalue weighted by Crippen LogP contribution is 2.30. The van der Waals surface area contributed by atoms with Crippen molar-refractivity contribution in [2.24, 2.45) is 0 Å². The van der Waals surface area contributed by atoms with E-state index in [9.17, 15) is 26.4 Å². The molecule has 4 nitrogen and oxygen atoms in total. The van der Waals surface area contributed by atoms with Crippen LogP contribution in [0.5, 0.6) is 0 Å². The maximum atomic E-state index is 12.7. The van der Waals surface area contributed by atoms with Crippen LogP contribution in [0.3, 0.4) is 0 Å². The summed E-state index contributed by atoms with van der Waals surface area (Å²) in [4.78, 5) is 10.8. The summed E-state index contributed by atoms with van der Waals surface area (Å²) >= 11 is 0. The van der Waals surface area contributed by atoms with Crippen molar-refractivity contribution in [3.8, 4) is 0 Å². The summed E-state index contributed by atoms with van der Waals surface area (Å²) in [5.74, 6) is -1.94. The number of carboxylic acid groups (broad SMARTS) is 1. The Hall–Kier alpha value is -2.35. The fourth-order valence-corrected chi connectivity index (χ4v) is 3.65. The van der Waals surface area contributed by atoms with E-state index in [1.165, 1.54) is 25.1 Å². The third-order valence-corrected chi connectivity index (χ3v) is 4.94. The molecule has 8 heteroatoms. The first-order valence-corrected chi connectivity index (χ1v) is 8.38. The average molecular weight is 358 g/mol. The maximum absolute atomic E-state index is 12.7. The van der Waals surface area contributed by atoms with E-state index in [2.05, 4.69) is 0 Å². The zero-order valence-electron chi connectivity index (χ0n) is 12.5. The van der Waals surface area contributed by atoms with Gasteiger partial charge < -0.3 is 5.11 Å². The van der Waals surface area contributed by atoms with Crippen LogP contribution in [0.4, 0.5) is 13.2 Å². The van der Waals surface area contributed by atoms with Crippen molar-refractivity contribution in [3.05, 3.63) is 64.7 Å². The first kappa shape index (κ1) is 18.0. The van der Waals surface area contributed by atoms with E-state index in [4.69, 9.17) is 5.11 Å². The van der Waals surface area contributed by atoms with Crippen molar-refractivity contribution in [3.63, 3.8) is 0 Å². The minimum atomic E-state index is -4.57. The van der Waals surface area contributed by atoms with Crippen LogP contribution >= 0.6 is 0 Å². The number of carboxylic acids is 1. The minimum Gasteiger partial charge on any atom is -0.478 e. The van der Waals surface area contributed by atoms with E-state index in [1.807, 2.05) is 0 Å². The molecule has 0 heterocycles. The molecule has 0 spiro atoms. The monoisotopic (exact) mass is 358 g/mol. The number of hydrogen-bond donors (Lipinski definition) is 1. The Bertz CT molecular complexity index is 886. The van der Waals surface area contributed by atoms with Crippen LogP contribution in [0.2, 0.25) is 0 Å². The standard InChI is InChI=1S/C16H13F3O4S/c1-10-5-12(15(20)21)8-14(6-10)24(22,23)9-11-3-2-4-13(7-11)16(17,18)19/h2-8H,9H2,1H3,(H,20,21). The predicted molar refractivity (Wildman–Crippen MR) is 80.5 cm³/mol. The van der Waals surface area contributed by atoms with Gasteiger partial charge in [0.05, 0.1) is 21.8 Å².